The molecular formula is C26H24Cl3N3O. The monoisotopic (exact) mass is 499 g/mol. The van der Waals surface area contributed by atoms with Gasteiger partial charge in [0.25, 0.3) is 0 Å². The summed E-state index contributed by atoms with van der Waals surface area (Å²) in [5, 5.41) is 14.7. The molecule has 1 heterocycles. The molecule has 1 atom stereocenters. The van der Waals surface area contributed by atoms with Gasteiger partial charge in [0.05, 0.1) is 28.9 Å². The smallest absolute Gasteiger partial charge is 0.125 e. The maximum atomic E-state index is 9.26. The van der Waals surface area contributed by atoms with Gasteiger partial charge < -0.3 is 10.1 Å². The van der Waals surface area contributed by atoms with Crippen LogP contribution in [0.1, 0.15) is 29.2 Å². The van der Waals surface area contributed by atoms with E-state index in [1.807, 2.05) is 42.5 Å². The van der Waals surface area contributed by atoms with Crippen LogP contribution in [-0.2, 0) is 6.42 Å². The lowest BCUT2D eigenvalue weighted by molar-refractivity contribution is 0.145. The number of ether oxygens (including phenoxy) is 1. The Balaban J connectivity index is 1.51. The summed E-state index contributed by atoms with van der Waals surface area (Å²) in [7, 11) is 0. The Kier molecular flexibility index (Phi) is 8.01. The number of nitrogens with zero attached hydrogens (tertiary/aromatic N) is 2. The minimum Gasteiger partial charge on any atom is -0.493 e. The van der Waals surface area contributed by atoms with Crippen molar-refractivity contribution in [2.75, 3.05) is 31.6 Å². The molecular weight excluding hydrogens is 477 g/mol. The van der Waals surface area contributed by atoms with Gasteiger partial charge >= 0.3 is 0 Å². The number of fused-ring (bicyclic) bond motifs is 1. The minimum absolute atomic E-state index is 0.205. The summed E-state index contributed by atoms with van der Waals surface area (Å²) in [4.78, 5) is 2.47. The van der Waals surface area contributed by atoms with Gasteiger partial charge in [-0.1, -0.05) is 53.0 Å². The predicted octanol–water partition coefficient (Wildman–Crippen LogP) is 7.00. The minimum atomic E-state index is 0.205. The Morgan fingerprint density at radius 1 is 0.970 bits per heavy atom. The van der Waals surface area contributed by atoms with E-state index in [0.29, 0.717) is 22.2 Å². The van der Waals surface area contributed by atoms with Gasteiger partial charge in [0.2, 0.25) is 0 Å². The third-order valence-electron chi connectivity index (χ3n) is 5.84. The largest absolute Gasteiger partial charge is 0.493 e. The second-order valence-corrected chi connectivity index (χ2v) is 9.26. The number of nitriles is 1. The summed E-state index contributed by atoms with van der Waals surface area (Å²) >= 11 is 18.4. The second-order valence-electron chi connectivity index (χ2n) is 7.98. The maximum Gasteiger partial charge on any atom is 0.125 e. The number of benzene rings is 3. The highest BCUT2D eigenvalue weighted by Gasteiger charge is 2.27. The molecule has 0 radical (unpaired) electrons. The Morgan fingerprint density at radius 2 is 1.76 bits per heavy atom. The van der Waals surface area contributed by atoms with E-state index in [4.69, 9.17) is 39.5 Å². The number of nitrogens with one attached hydrogen (secondary N) is 1. The second kappa shape index (κ2) is 11.1. The average molecular weight is 501 g/mol. The Morgan fingerprint density at radius 3 is 2.52 bits per heavy atom. The van der Waals surface area contributed by atoms with Gasteiger partial charge in [-0.3, -0.25) is 4.90 Å². The van der Waals surface area contributed by atoms with Gasteiger partial charge in [0.15, 0.2) is 0 Å². The summed E-state index contributed by atoms with van der Waals surface area (Å²) in [6, 6.07) is 21.6. The standard InChI is InChI=1S/C26H24Cl3N3O/c27-20-4-1-18(2-5-20)9-12-32(13-11-31-24-8-6-21(28)16-23(24)29)25-10-14-33-26-15-19(17-30)3-7-22(25)26/h1-8,15-16,25,31H,9-14H2. The molecule has 170 valence electrons. The van der Waals surface area contributed by atoms with E-state index in [9.17, 15) is 5.26 Å². The van der Waals surface area contributed by atoms with Gasteiger partial charge in [0.1, 0.15) is 5.75 Å². The van der Waals surface area contributed by atoms with Crippen molar-refractivity contribution < 1.29 is 4.74 Å². The molecule has 3 aromatic carbocycles. The highest BCUT2D eigenvalue weighted by molar-refractivity contribution is 6.36. The highest BCUT2D eigenvalue weighted by atomic mass is 35.5. The molecule has 0 bridgehead atoms. The fourth-order valence-corrected chi connectivity index (χ4v) is 4.74. The normalized spacial score (nSPS) is 14.9. The Hall–Kier alpha value is -2.42. The average Bonchev–Trinajstić information content (AvgIpc) is 2.83. The van der Waals surface area contributed by atoms with Crippen LogP contribution in [0.4, 0.5) is 5.69 Å². The van der Waals surface area contributed by atoms with E-state index >= 15 is 0 Å². The van der Waals surface area contributed by atoms with Crippen molar-refractivity contribution in [3.8, 4) is 11.8 Å². The van der Waals surface area contributed by atoms with Gasteiger partial charge in [-0.15, -0.1) is 0 Å². The van der Waals surface area contributed by atoms with Crippen molar-refractivity contribution in [3.63, 3.8) is 0 Å². The van der Waals surface area contributed by atoms with Gasteiger partial charge in [0, 0.05) is 47.7 Å². The molecule has 0 spiro atoms. The number of rotatable bonds is 8. The molecule has 0 saturated carbocycles. The van der Waals surface area contributed by atoms with Crippen LogP contribution >= 0.6 is 34.8 Å². The van der Waals surface area contributed by atoms with Gasteiger partial charge in [-0.05, 0) is 54.4 Å². The highest BCUT2D eigenvalue weighted by Crippen LogP contribution is 2.36. The molecule has 0 saturated heterocycles. The lowest BCUT2D eigenvalue weighted by Crippen LogP contribution is -2.37. The topological polar surface area (TPSA) is 48.3 Å². The fraction of sp³-hybridized carbons (Fsp3) is 0.269. The maximum absolute atomic E-state index is 9.26. The molecule has 3 aromatic rings. The summed E-state index contributed by atoms with van der Waals surface area (Å²) < 4.78 is 5.89. The molecule has 4 rings (SSSR count). The number of hydrogen-bond acceptors (Lipinski definition) is 4. The Labute approximate surface area is 209 Å². The SMILES string of the molecule is N#Cc1ccc2c(c1)OCCC2N(CCNc1ccc(Cl)cc1Cl)CCc1ccc(Cl)cc1. The number of halogens is 3. The zero-order chi connectivity index (χ0) is 23.2. The zero-order valence-corrected chi connectivity index (χ0v) is 20.3. The van der Waals surface area contributed by atoms with Crippen LogP contribution in [0.5, 0.6) is 5.75 Å². The van der Waals surface area contributed by atoms with E-state index in [2.05, 4.69) is 28.4 Å². The summed E-state index contributed by atoms with van der Waals surface area (Å²) in [5.74, 6) is 0.801. The van der Waals surface area contributed by atoms with Crippen LogP contribution in [0.2, 0.25) is 15.1 Å². The van der Waals surface area contributed by atoms with Gasteiger partial charge in [-0.25, -0.2) is 0 Å². The van der Waals surface area contributed by atoms with Crippen molar-refractivity contribution in [1.82, 2.24) is 4.90 Å². The predicted molar refractivity (Wildman–Crippen MR) is 136 cm³/mol. The Bertz CT molecular complexity index is 1140. The molecule has 1 unspecified atom stereocenters. The van der Waals surface area contributed by atoms with Crippen molar-refractivity contribution in [1.29, 1.82) is 5.26 Å². The first-order chi connectivity index (χ1) is 16.0. The van der Waals surface area contributed by atoms with Crippen molar-refractivity contribution in [3.05, 3.63) is 92.4 Å². The summed E-state index contributed by atoms with van der Waals surface area (Å²) in [6.45, 7) is 3.05. The van der Waals surface area contributed by atoms with E-state index in [0.717, 1.165) is 54.5 Å². The van der Waals surface area contributed by atoms with Crippen molar-refractivity contribution in [2.24, 2.45) is 0 Å². The molecule has 33 heavy (non-hydrogen) atoms. The van der Waals surface area contributed by atoms with Crippen LogP contribution in [-0.4, -0.2) is 31.1 Å². The third-order valence-corrected chi connectivity index (χ3v) is 6.64. The summed E-state index contributed by atoms with van der Waals surface area (Å²) in [5.41, 5.74) is 3.84. The third kappa shape index (κ3) is 6.13. The molecule has 0 amide bonds. The van der Waals surface area contributed by atoms with Gasteiger partial charge in [-0.2, -0.15) is 5.26 Å². The van der Waals surface area contributed by atoms with E-state index in [-0.39, 0.29) is 6.04 Å². The quantitative estimate of drug-likeness (QED) is 0.362. The molecule has 1 aliphatic heterocycles. The first-order valence-corrected chi connectivity index (χ1v) is 12.0. The lowest BCUT2D eigenvalue weighted by atomic mass is 9.97. The number of anilines is 1. The lowest BCUT2D eigenvalue weighted by Gasteiger charge is -2.36. The van der Waals surface area contributed by atoms with Crippen molar-refractivity contribution >= 4 is 40.5 Å². The number of hydrogen-bond donors (Lipinski definition) is 1. The fourth-order valence-electron chi connectivity index (χ4n) is 4.13. The molecule has 7 heteroatoms. The van der Waals surface area contributed by atoms with Crippen LogP contribution in [0.15, 0.2) is 60.7 Å². The molecule has 4 nitrogen and oxygen atoms in total. The first-order valence-electron chi connectivity index (χ1n) is 10.9. The van der Waals surface area contributed by atoms with E-state index < -0.39 is 0 Å². The molecule has 0 aliphatic carbocycles. The molecule has 1 aliphatic rings. The van der Waals surface area contributed by atoms with Crippen molar-refractivity contribution in [2.45, 2.75) is 18.9 Å². The molecule has 0 fully saturated rings. The van der Waals surface area contributed by atoms with Crippen LogP contribution in [0.25, 0.3) is 0 Å². The first kappa shape index (κ1) is 23.7. The summed E-state index contributed by atoms with van der Waals surface area (Å²) in [6.07, 6.45) is 1.79. The van der Waals surface area contributed by atoms with E-state index in [1.165, 1.54) is 5.56 Å². The van der Waals surface area contributed by atoms with Crippen LogP contribution in [0.3, 0.4) is 0 Å². The molecule has 0 aromatic heterocycles. The molecule has 1 N–H and O–H groups in total. The van der Waals surface area contributed by atoms with Crippen LogP contribution < -0.4 is 10.1 Å². The zero-order valence-electron chi connectivity index (χ0n) is 18.0. The van der Waals surface area contributed by atoms with Crippen LogP contribution in [0, 0.1) is 11.3 Å². The van der Waals surface area contributed by atoms with E-state index in [1.54, 1.807) is 6.07 Å².